The summed E-state index contributed by atoms with van der Waals surface area (Å²) < 4.78 is 10.1. The first-order valence-corrected chi connectivity index (χ1v) is 9.05. The van der Waals surface area contributed by atoms with Crippen LogP contribution >= 0.6 is 11.8 Å². The molecule has 0 radical (unpaired) electrons. The molecule has 25 heavy (non-hydrogen) atoms. The van der Waals surface area contributed by atoms with Crippen LogP contribution in [0.4, 0.5) is 0 Å². The Balaban J connectivity index is 1.84. The highest BCUT2D eigenvalue weighted by Crippen LogP contribution is 2.42. The number of furan rings is 1. The van der Waals surface area contributed by atoms with Crippen molar-refractivity contribution in [3.63, 3.8) is 0 Å². The molecule has 7 heteroatoms. The third-order valence-corrected chi connectivity index (χ3v) is 5.32. The molecule has 2 aromatic rings. The van der Waals surface area contributed by atoms with Crippen molar-refractivity contribution in [3.05, 3.63) is 60.1 Å². The highest BCUT2D eigenvalue weighted by molar-refractivity contribution is 7.99. The predicted molar refractivity (Wildman–Crippen MR) is 95.2 cm³/mol. The van der Waals surface area contributed by atoms with Gasteiger partial charge < -0.3 is 19.4 Å². The molecule has 0 aliphatic carbocycles. The van der Waals surface area contributed by atoms with E-state index in [1.54, 1.807) is 48.4 Å². The Hall–Kier alpha value is -2.25. The SMILES string of the molecule is COCCNC(=O)C1CSC(c2ccoc2)N1C(=O)c1ccccc1. The molecular weight excluding hydrogens is 340 g/mol. The molecule has 3 rings (SSSR count). The third kappa shape index (κ3) is 3.88. The molecule has 1 fully saturated rings. The van der Waals surface area contributed by atoms with Gasteiger partial charge in [-0.05, 0) is 18.2 Å². The first-order chi connectivity index (χ1) is 12.2. The number of ether oxygens (including phenoxy) is 1. The molecule has 0 saturated carbocycles. The number of benzene rings is 1. The summed E-state index contributed by atoms with van der Waals surface area (Å²) in [6.45, 7) is 0.851. The Labute approximate surface area is 150 Å². The standard InChI is InChI=1S/C18H20N2O4S/c1-23-10-8-19-16(21)15-12-25-18(14-7-9-24-11-14)20(15)17(22)13-5-3-2-4-6-13/h2-7,9,11,15,18H,8,10,12H2,1H3,(H,19,21). The molecule has 1 aliphatic rings. The van der Waals surface area contributed by atoms with Gasteiger partial charge >= 0.3 is 0 Å². The maximum absolute atomic E-state index is 13.1. The number of nitrogens with zero attached hydrogens (tertiary/aromatic N) is 1. The van der Waals surface area contributed by atoms with E-state index in [1.807, 2.05) is 24.3 Å². The van der Waals surface area contributed by atoms with Crippen molar-refractivity contribution in [2.75, 3.05) is 26.0 Å². The highest BCUT2D eigenvalue weighted by Gasteiger charge is 2.42. The van der Waals surface area contributed by atoms with Crippen LogP contribution in [-0.2, 0) is 9.53 Å². The average Bonchev–Trinajstić information content (AvgIpc) is 3.31. The van der Waals surface area contributed by atoms with E-state index in [9.17, 15) is 9.59 Å². The van der Waals surface area contributed by atoms with E-state index in [2.05, 4.69) is 5.32 Å². The highest BCUT2D eigenvalue weighted by atomic mass is 32.2. The van der Waals surface area contributed by atoms with E-state index in [0.29, 0.717) is 24.5 Å². The zero-order chi connectivity index (χ0) is 17.6. The van der Waals surface area contributed by atoms with Gasteiger partial charge in [-0.25, -0.2) is 0 Å². The van der Waals surface area contributed by atoms with E-state index >= 15 is 0 Å². The first kappa shape index (κ1) is 17.6. The number of carbonyl (C=O) groups is 2. The lowest BCUT2D eigenvalue weighted by Gasteiger charge is -2.28. The lowest BCUT2D eigenvalue weighted by molar-refractivity contribution is -0.125. The van der Waals surface area contributed by atoms with Crippen molar-refractivity contribution in [2.45, 2.75) is 11.4 Å². The van der Waals surface area contributed by atoms with Gasteiger partial charge in [-0.2, -0.15) is 0 Å². The van der Waals surface area contributed by atoms with Crippen molar-refractivity contribution in [1.82, 2.24) is 10.2 Å². The Morgan fingerprint density at radius 1 is 1.32 bits per heavy atom. The normalized spacial score (nSPS) is 19.8. The fourth-order valence-corrected chi connectivity index (χ4v) is 4.16. The Morgan fingerprint density at radius 3 is 2.80 bits per heavy atom. The maximum Gasteiger partial charge on any atom is 0.255 e. The number of carbonyl (C=O) groups excluding carboxylic acids is 2. The molecule has 6 nitrogen and oxygen atoms in total. The van der Waals surface area contributed by atoms with E-state index < -0.39 is 6.04 Å². The molecule has 1 aromatic carbocycles. The zero-order valence-corrected chi connectivity index (χ0v) is 14.7. The van der Waals surface area contributed by atoms with Gasteiger partial charge in [-0.15, -0.1) is 11.8 Å². The summed E-state index contributed by atoms with van der Waals surface area (Å²) in [5.74, 6) is 0.205. The van der Waals surface area contributed by atoms with Crippen LogP contribution < -0.4 is 5.32 Å². The topological polar surface area (TPSA) is 71.8 Å². The molecule has 2 atom stereocenters. The van der Waals surface area contributed by atoms with Crippen molar-refractivity contribution in [1.29, 1.82) is 0 Å². The van der Waals surface area contributed by atoms with Crippen LogP contribution in [0.3, 0.4) is 0 Å². The van der Waals surface area contributed by atoms with E-state index in [1.165, 1.54) is 0 Å². The number of rotatable bonds is 6. The molecular formula is C18H20N2O4S. The van der Waals surface area contributed by atoms with Gasteiger partial charge in [0, 0.05) is 30.5 Å². The molecule has 1 saturated heterocycles. The van der Waals surface area contributed by atoms with E-state index in [0.717, 1.165) is 5.56 Å². The van der Waals surface area contributed by atoms with Crippen LogP contribution in [-0.4, -0.2) is 48.8 Å². The molecule has 2 heterocycles. The lowest BCUT2D eigenvalue weighted by atomic mass is 10.1. The summed E-state index contributed by atoms with van der Waals surface area (Å²) in [5, 5.41) is 2.59. The van der Waals surface area contributed by atoms with Gasteiger partial charge in [0.15, 0.2) is 0 Å². The van der Waals surface area contributed by atoms with Crippen molar-refractivity contribution < 1.29 is 18.7 Å². The second-order valence-electron chi connectivity index (χ2n) is 5.62. The minimum absolute atomic E-state index is 0.163. The molecule has 1 N–H and O–H groups in total. The number of amides is 2. The maximum atomic E-state index is 13.1. The van der Waals surface area contributed by atoms with Gasteiger partial charge in [-0.3, -0.25) is 9.59 Å². The zero-order valence-electron chi connectivity index (χ0n) is 13.9. The summed E-state index contributed by atoms with van der Waals surface area (Å²) >= 11 is 1.56. The fourth-order valence-electron chi connectivity index (χ4n) is 2.75. The third-order valence-electron chi connectivity index (χ3n) is 3.99. The monoisotopic (exact) mass is 360 g/mol. The average molecular weight is 360 g/mol. The number of methoxy groups -OCH3 is 1. The number of thioether (sulfide) groups is 1. The van der Waals surface area contributed by atoms with Crippen LogP contribution in [0.2, 0.25) is 0 Å². The molecule has 1 aliphatic heterocycles. The first-order valence-electron chi connectivity index (χ1n) is 8.00. The van der Waals surface area contributed by atoms with Crippen LogP contribution in [0, 0.1) is 0 Å². The van der Waals surface area contributed by atoms with E-state index in [4.69, 9.17) is 9.15 Å². The molecule has 2 amide bonds. The van der Waals surface area contributed by atoms with Crippen LogP contribution in [0.15, 0.2) is 53.3 Å². The van der Waals surface area contributed by atoms with Gasteiger partial charge in [-0.1, -0.05) is 18.2 Å². The Morgan fingerprint density at radius 2 is 2.12 bits per heavy atom. The molecule has 1 aromatic heterocycles. The number of hydrogen-bond donors (Lipinski definition) is 1. The lowest BCUT2D eigenvalue weighted by Crippen LogP contribution is -2.48. The molecule has 0 spiro atoms. The van der Waals surface area contributed by atoms with Crippen molar-refractivity contribution in [3.8, 4) is 0 Å². The van der Waals surface area contributed by atoms with Crippen LogP contribution in [0.1, 0.15) is 21.3 Å². The number of hydrogen-bond acceptors (Lipinski definition) is 5. The Kier molecular flexibility index (Phi) is 5.78. The second-order valence-corrected chi connectivity index (χ2v) is 6.73. The molecule has 0 bridgehead atoms. The summed E-state index contributed by atoms with van der Waals surface area (Å²) in [5.41, 5.74) is 1.44. The van der Waals surface area contributed by atoms with E-state index in [-0.39, 0.29) is 17.2 Å². The summed E-state index contributed by atoms with van der Waals surface area (Å²) in [4.78, 5) is 27.3. The smallest absolute Gasteiger partial charge is 0.255 e. The van der Waals surface area contributed by atoms with Crippen molar-refractivity contribution >= 4 is 23.6 Å². The minimum atomic E-state index is -0.533. The minimum Gasteiger partial charge on any atom is -0.472 e. The fraction of sp³-hybridized carbons (Fsp3) is 0.333. The van der Waals surface area contributed by atoms with Gasteiger partial charge in [0.1, 0.15) is 11.4 Å². The second kappa shape index (κ2) is 8.22. The summed E-state index contributed by atoms with van der Waals surface area (Å²) in [7, 11) is 1.58. The summed E-state index contributed by atoms with van der Waals surface area (Å²) in [6, 6.07) is 10.3. The summed E-state index contributed by atoms with van der Waals surface area (Å²) in [6.07, 6.45) is 3.20. The van der Waals surface area contributed by atoms with Crippen LogP contribution in [0.25, 0.3) is 0 Å². The van der Waals surface area contributed by atoms with Crippen LogP contribution in [0.5, 0.6) is 0 Å². The van der Waals surface area contributed by atoms with Gasteiger partial charge in [0.05, 0.1) is 19.1 Å². The molecule has 132 valence electrons. The quantitative estimate of drug-likeness (QED) is 0.801. The number of nitrogens with one attached hydrogen (secondary N) is 1. The van der Waals surface area contributed by atoms with Crippen molar-refractivity contribution in [2.24, 2.45) is 0 Å². The Bertz CT molecular complexity index is 705. The predicted octanol–water partition coefficient (Wildman–Crippen LogP) is 2.30. The molecule has 2 unspecified atom stereocenters. The van der Waals surface area contributed by atoms with Gasteiger partial charge in [0.2, 0.25) is 5.91 Å². The van der Waals surface area contributed by atoms with Gasteiger partial charge in [0.25, 0.3) is 5.91 Å². The largest absolute Gasteiger partial charge is 0.472 e.